The molecule has 1 aliphatic heterocycles. The number of halogens is 6. The molecular formula is C12H10Cl2F4N4O4. The summed E-state index contributed by atoms with van der Waals surface area (Å²) < 4.78 is 59.8. The Morgan fingerprint density at radius 1 is 1.12 bits per heavy atom. The second-order valence-corrected chi connectivity index (χ2v) is 6.40. The lowest BCUT2D eigenvalue weighted by Crippen LogP contribution is -2.33. The van der Waals surface area contributed by atoms with E-state index in [1.807, 2.05) is 0 Å². The lowest BCUT2D eigenvalue weighted by molar-refractivity contribution is -0.0567. The number of rotatable bonds is 4. The van der Waals surface area contributed by atoms with E-state index < -0.39 is 64.5 Å². The van der Waals surface area contributed by atoms with Gasteiger partial charge < -0.3 is 20.1 Å². The van der Waals surface area contributed by atoms with E-state index in [0.717, 1.165) is 6.20 Å². The van der Waals surface area contributed by atoms with Gasteiger partial charge in [-0.1, -0.05) is 0 Å². The average molecular weight is 421 g/mol. The van der Waals surface area contributed by atoms with Crippen molar-refractivity contribution in [3.63, 3.8) is 0 Å². The van der Waals surface area contributed by atoms with Crippen molar-refractivity contribution in [1.82, 2.24) is 19.7 Å². The van der Waals surface area contributed by atoms with Crippen LogP contribution in [0.4, 0.5) is 17.6 Å². The minimum atomic E-state index is -4.19. The van der Waals surface area contributed by atoms with Crippen LogP contribution in [0.15, 0.2) is 6.20 Å². The molecule has 2 aromatic heterocycles. The molecule has 3 N–H and O–H groups in total. The number of hydrogen-bond acceptors (Lipinski definition) is 7. The first kappa shape index (κ1) is 19.5. The molecule has 1 saturated heterocycles. The van der Waals surface area contributed by atoms with Crippen molar-refractivity contribution in [2.45, 2.75) is 35.3 Å². The van der Waals surface area contributed by atoms with Crippen LogP contribution in [0.5, 0.6) is 0 Å². The summed E-state index contributed by atoms with van der Waals surface area (Å²) in [5.41, 5.74) is -1.85. The Bertz CT molecular complexity index is 828. The fourth-order valence-electron chi connectivity index (χ4n) is 2.54. The molecular weight excluding hydrogens is 411 g/mol. The van der Waals surface area contributed by atoms with Gasteiger partial charge >= 0.3 is 10.8 Å². The summed E-state index contributed by atoms with van der Waals surface area (Å²) in [5.74, 6) is -1.46. The van der Waals surface area contributed by atoms with Crippen molar-refractivity contribution in [2.75, 3.05) is 6.61 Å². The SMILES string of the molecule is OCC1OC(n2ncc3c(C(F)(F)Cl)nc(C(F)(F)Cl)nc32)C(O)C1O. The first-order valence-electron chi connectivity index (χ1n) is 6.97. The van der Waals surface area contributed by atoms with Crippen LogP contribution in [0, 0.1) is 0 Å². The lowest BCUT2D eigenvalue weighted by atomic mass is 10.1. The van der Waals surface area contributed by atoms with Crippen LogP contribution >= 0.6 is 23.2 Å². The third-order valence-electron chi connectivity index (χ3n) is 3.73. The summed E-state index contributed by atoms with van der Waals surface area (Å²) in [6.07, 6.45) is -5.08. The molecule has 14 heteroatoms. The Hall–Kier alpha value is -1.31. The van der Waals surface area contributed by atoms with Crippen molar-refractivity contribution in [3.8, 4) is 0 Å². The third kappa shape index (κ3) is 3.21. The van der Waals surface area contributed by atoms with Crippen LogP contribution in [0.3, 0.4) is 0 Å². The molecule has 1 aliphatic rings. The molecule has 0 radical (unpaired) electrons. The minimum absolute atomic E-state index is 0.493. The van der Waals surface area contributed by atoms with Gasteiger partial charge in [0.2, 0.25) is 5.82 Å². The van der Waals surface area contributed by atoms with Gasteiger partial charge in [0.05, 0.1) is 18.2 Å². The monoisotopic (exact) mass is 420 g/mol. The maximum absolute atomic E-state index is 13.6. The largest absolute Gasteiger partial charge is 0.394 e. The third-order valence-corrected chi connectivity index (χ3v) is 4.08. The van der Waals surface area contributed by atoms with Crippen molar-refractivity contribution in [3.05, 3.63) is 17.7 Å². The second-order valence-electron chi connectivity index (χ2n) is 5.45. The van der Waals surface area contributed by atoms with Gasteiger partial charge in [0.1, 0.15) is 24.0 Å². The quantitative estimate of drug-likeness (QED) is 0.499. The molecule has 4 unspecified atom stereocenters. The molecule has 4 atom stereocenters. The average Bonchev–Trinajstić information content (AvgIpc) is 3.07. The van der Waals surface area contributed by atoms with Crippen LogP contribution in [0.25, 0.3) is 11.0 Å². The Morgan fingerprint density at radius 2 is 1.77 bits per heavy atom. The first-order chi connectivity index (χ1) is 11.9. The van der Waals surface area contributed by atoms with Crippen LogP contribution in [-0.4, -0.2) is 60.0 Å². The predicted molar refractivity (Wildman–Crippen MR) is 77.8 cm³/mol. The van der Waals surface area contributed by atoms with Gasteiger partial charge in [0.25, 0.3) is 0 Å². The zero-order valence-corrected chi connectivity index (χ0v) is 13.9. The van der Waals surface area contributed by atoms with E-state index in [0.29, 0.717) is 4.68 Å². The Labute approximate surface area is 151 Å². The molecule has 2 aromatic rings. The van der Waals surface area contributed by atoms with Crippen LogP contribution in [-0.2, 0) is 15.5 Å². The standard InChI is InChI=1S/C12H10Cl2F4N4O4/c13-11(15,16)7-3-1-19-22(8(3)21-10(20-7)12(14,17)18)9-6(25)5(24)4(2-23)26-9/h1,4-6,9,23-25H,2H2. The molecule has 8 nitrogen and oxygen atoms in total. The minimum Gasteiger partial charge on any atom is -0.394 e. The molecule has 0 bridgehead atoms. The summed E-state index contributed by atoms with van der Waals surface area (Å²) in [5, 5.41) is 23.7. The van der Waals surface area contributed by atoms with Gasteiger partial charge in [-0.25, -0.2) is 14.6 Å². The summed E-state index contributed by atoms with van der Waals surface area (Å²) in [4.78, 5) is 6.44. The fourth-order valence-corrected chi connectivity index (χ4v) is 2.77. The van der Waals surface area contributed by atoms with E-state index in [2.05, 4.69) is 15.1 Å². The normalized spacial score (nSPS) is 27.4. The van der Waals surface area contributed by atoms with Crippen molar-refractivity contribution >= 4 is 34.2 Å². The molecule has 3 heterocycles. The second kappa shape index (κ2) is 6.39. The maximum atomic E-state index is 13.6. The number of alkyl halides is 6. The van der Waals surface area contributed by atoms with Gasteiger partial charge in [0, 0.05) is 0 Å². The molecule has 144 valence electrons. The molecule has 0 amide bonds. The summed E-state index contributed by atoms with van der Waals surface area (Å²) in [6, 6.07) is 0. The Morgan fingerprint density at radius 3 is 2.27 bits per heavy atom. The lowest BCUT2D eigenvalue weighted by Gasteiger charge is -2.17. The van der Waals surface area contributed by atoms with E-state index >= 15 is 0 Å². The summed E-state index contributed by atoms with van der Waals surface area (Å²) in [7, 11) is 0. The number of hydrogen-bond donors (Lipinski definition) is 3. The van der Waals surface area contributed by atoms with Gasteiger partial charge in [-0.15, -0.1) is 0 Å². The maximum Gasteiger partial charge on any atom is 0.381 e. The number of aliphatic hydroxyl groups excluding tert-OH is 3. The van der Waals surface area contributed by atoms with Gasteiger partial charge in [-0.2, -0.15) is 22.7 Å². The molecule has 26 heavy (non-hydrogen) atoms. The Kier molecular flexibility index (Phi) is 4.78. The van der Waals surface area contributed by atoms with Gasteiger partial charge in [-0.3, -0.25) is 0 Å². The molecule has 0 aromatic carbocycles. The Balaban J connectivity index is 2.20. The van der Waals surface area contributed by atoms with E-state index in [1.165, 1.54) is 0 Å². The van der Waals surface area contributed by atoms with Crippen LogP contribution < -0.4 is 0 Å². The van der Waals surface area contributed by atoms with Crippen molar-refractivity contribution in [1.29, 1.82) is 0 Å². The highest BCUT2D eigenvalue weighted by Crippen LogP contribution is 2.40. The van der Waals surface area contributed by atoms with E-state index in [-0.39, 0.29) is 0 Å². The summed E-state index contributed by atoms with van der Waals surface area (Å²) in [6.45, 7) is -0.668. The van der Waals surface area contributed by atoms with E-state index in [4.69, 9.17) is 33.0 Å². The zero-order chi connectivity index (χ0) is 19.4. The number of nitrogens with zero attached hydrogens (tertiary/aromatic N) is 4. The molecule has 0 spiro atoms. The number of aromatic nitrogens is 4. The first-order valence-corrected chi connectivity index (χ1v) is 7.73. The van der Waals surface area contributed by atoms with Gasteiger partial charge in [-0.05, 0) is 23.2 Å². The van der Waals surface area contributed by atoms with Crippen LogP contribution in [0.1, 0.15) is 17.7 Å². The smallest absolute Gasteiger partial charge is 0.381 e. The van der Waals surface area contributed by atoms with Crippen LogP contribution in [0.2, 0.25) is 0 Å². The van der Waals surface area contributed by atoms with Gasteiger partial charge in [0.15, 0.2) is 11.9 Å². The highest BCUT2D eigenvalue weighted by molar-refractivity contribution is 6.22. The highest BCUT2D eigenvalue weighted by atomic mass is 35.5. The summed E-state index contributed by atoms with van der Waals surface area (Å²) >= 11 is 9.75. The number of aliphatic hydroxyl groups is 3. The molecule has 3 rings (SSSR count). The topological polar surface area (TPSA) is 114 Å². The fraction of sp³-hybridized carbons (Fsp3) is 0.583. The van der Waals surface area contributed by atoms with E-state index in [1.54, 1.807) is 0 Å². The molecule has 1 fully saturated rings. The zero-order valence-electron chi connectivity index (χ0n) is 12.4. The molecule has 0 aliphatic carbocycles. The predicted octanol–water partition coefficient (Wildman–Crippen LogP) is 1.01. The highest BCUT2D eigenvalue weighted by Gasteiger charge is 2.46. The van der Waals surface area contributed by atoms with Crippen molar-refractivity contribution < 1.29 is 37.6 Å². The van der Waals surface area contributed by atoms with Crippen molar-refractivity contribution in [2.24, 2.45) is 0 Å². The molecule has 0 saturated carbocycles. The number of ether oxygens (including phenoxy) is 1. The van der Waals surface area contributed by atoms with E-state index in [9.17, 15) is 27.8 Å². The number of fused-ring (bicyclic) bond motifs is 1.